The van der Waals surface area contributed by atoms with Crippen LogP contribution in [0.15, 0.2) is 18.2 Å². The van der Waals surface area contributed by atoms with Crippen molar-refractivity contribution in [1.29, 1.82) is 0 Å². The fourth-order valence-corrected chi connectivity index (χ4v) is 2.90. The van der Waals surface area contributed by atoms with Crippen molar-refractivity contribution < 1.29 is 0 Å². The van der Waals surface area contributed by atoms with E-state index in [1.165, 1.54) is 12.1 Å². The number of rotatable bonds is 3. The third-order valence-electron chi connectivity index (χ3n) is 3.89. The van der Waals surface area contributed by atoms with E-state index in [0.29, 0.717) is 12.0 Å². The first-order valence-electron chi connectivity index (χ1n) is 6.86. The van der Waals surface area contributed by atoms with E-state index in [1.54, 1.807) is 0 Å². The molecule has 1 heterocycles. The van der Waals surface area contributed by atoms with E-state index < -0.39 is 0 Å². The summed E-state index contributed by atoms with van der Waals surface area (Å²) in [6, 6.07) is 7.05. The summed E-state index contributed by atoms with van der Waals surface area (Å²) in [7, 11) is 0. The standard InChI is InChI=1S/C15H23ClN2/c1-4-17-15-7-8-18(10-12(15)3)13-6-5-11(2)14(16)9-13/h5-6,9,12,15,17H,4,7-8,10H2,1-3H3. The maximum Gasteiger partial charge on any atom is 0.0455 e. The van der Waals surface area contributed by atoms with Crippen LogP contribution in [-0.2, 0) is 0 Å². The molecule has 2 rings (SSSR count). The van der Waals surface area contributed by atoms with Gasteiger partial charge in [0.05, 0.1) is 0 Å². The van der Waals surface area contributed by atoms with Crippen molar-refractivity contribution in [3.05, 3.63) is 28.8 Å². The Morgan fingerprint density at radius 1 is 1.44 bits per heavy atom. The van der Waals surface area contributed by atoms with Crippen molar-refractivity contribution in [3.63, 3.8) is 0 Å². The summed E-state index contributed by atoms with van der Waals surface area (Å²) in [5, 5.41) is 4.44. The van der Waals surface area contributed by atoms with Gasteiger partial charge in [-0.2, -0.15) is 0 Å². The fraction of sp³-hybridized carbons (Fsp3) is 0.600. The van der Waals surface area contributed by atoms with Gasteiger partial charge in [-0.15, -0.1) is 0 Å². The van der Waals surface area contributed by atoms with Crippen LogP contribution in [0, 0.1) is 12.8 Å². The molecule has 1 aliphatic rings. The number of benzene rings is 1. The van der Waals surface area contributed by atoms with Crippen molar-refractivity contribution in [2.45, 2.75) is 33.2 Å². The Labute approximate surface area is 115 Å². The number of anilines is 1. The van der Waals surface area contributed by atoms with Crippen LogP contribution in [0.3, 0.4) is 0 Å². The van der Waals surface area contributed by atoms with Gasteiger partial charge in [-0.3, -0.25) is 0 Å². The zero-order valence-electron chi connectivity index (χ0n) is 11.5. The molecule has 1 saturated heterocycles. The quantitative estimate of drug-likeness (QED) is 0.901. The Kier molecular flexibility index (Phi) is 4.52. The molecule has 1 aromatic rings. The minimum atomic E-state index is 0.659. The van der Waals surface area contributed by atoms with E-state index in [-0.39, 0.29) is 0 Å². The summed E-state index contributed by atoms with van der Waals surface area (Å²) in [6.45, 7) is 9.84. The predicted molar refractivity (Wildman–Crippen MR) is 79.6 cm³/mol. The third kappa shape index (κ3) is 2.99. The predicted octanol–water partition coefficient (Wildman–Crippen LogP) is 3.47. The van der Waals surface area contributed by atoms with Crippen molar-refractivity contribution in [3.8, 4) is 0 Å². The molecule has 0 spiro atoms. The van der Waals surface area contributed by atoms with Crippen molar-refractivity contribution in [2.75, 3.05) is 24.5 Å². The minimum absolute atomic E-state index is 0.659. The monoisotopic (exact) mass is 266 g/mol. The maximum atomic E-state index is 6.21. The second kappa shape index (κ2) is 5.94. The summed E-state index contributed by atoms with van der Waals surface area (Å²) in [4.78, 5) is 2.45. The summed E-state index contributed by atoms with van der Waals surface area (Å²) >= 11 is 6.21. The lowest BCUT2D eigenvalue weighted by Gasteiger charge is -2.38. The van der Waals surface area contributed by atoms with E-state index in [0.717, 1.165) is 30.2 Å². The molecule has 1 aromatic carbocycles. The zero-order valence-corrected chi connectivity index (χ0v) is 12.3. The van der Waals surface area contributed by atoms with Crippen LogP contribution in [0.25, 0.3) is 0 Å². The molecule has 3 heteroatoms. The molecule has 18 heavy (non-hydrogen) atoms. The van der Waals surface area contributed by atoms with Gasteiger partial charge >= 0.3 is 0 Å². The first-order chi connectivity index (χ1) is 8.61. The average molecular weight is 267 g/mol. The highest BCUT2D eigenvalue weighted by Crippen LogP contribution is 2.27. The van der Waals surface area contributed by atoms with Gasteiger partial charge in [0.25, 0.3) is 0 Å². The smallest absolute Gasteiger partial charge is 0.0455 e. The van der Waals surface area contributed by atoms with Crippen molar-refractivity contribution in [2.24, 2.45) is 5.92 Å². The van der Waals surface area contributed by atoms with Crippen LogP contribution < -0.4 is 10.2 Å². The molecule has 2 atom stereocenters. The first kappa shape index (κ1) is 13.7. The summed E-state index contributed by atoms with van der Waals surface area (Å²) in [5.74, 6) is 0.679. The van der Waals surface area contributed by atoms with Crippen LogP contribution in [0.5, 0.6) is 0 Å². The van der Waals surface area contributed by atoms with Gasteiger partial charge in [0.15, 0.2) is 0 Å². The Morgan fingerprint density at radius 2 is 2.22 bits per heavy atom. The lowest BCUT2D eigenvalue weighted by Crippen LogP contribution is -2.48. The van der Waals surface area contributed by atoms with Gasteiger partial charge in [0.2, 0.25) is 0 Å². The number of nitrogens with zero attached hydrogens (tertiary/aromatic N) is 1. The molecule has 1 aliphatic heterocycles. The van der Waals surface area contributed by atoms with E-state index in [2.05, 4.69) is 42.3 Å². The average Bonchev–Trinajstić information content (AvgIpc) is 2.35. The van der Waals surface area contributed by atoms with Gasteiger partial charge in [0.1, 0.15) is 0 Å². The molecule has 0 aliphatic carbocycles. The highest BCUT2D eigenvalue weighted by molar-refractivity contribution is 6.31. The number of hydrogen-bond acceptors (Lipinski definition) is 2. The van der Waals surface area contributed by atoms with E-state index in [1.807, 2.05) is 6.92 Å². The number of aryl methyl sites for hydroxylation is 1. The highest BCUT2D eigenvalue weighted by atomic mass is 35.5. The summed E-state index contributed by atoms with van der Waals surface area (Å²) < 4.78 is 0. The molecule has 1 fully saturated rings. The van der Waals surface area contributed by atoms with Crippen LogP contribution in [0.2, 0.25) is 5.02 Å². The third-order valence-corrected chi connectivity index (χ3v) is 4.30. The van der Waals surface area contributed by atoms with Gasteiger partial charge in [0, 0.05) is 29.8 Å². The van der Waals surface area contributed by atoms with Crippen LogP contribution in [0.4, 0.5) is 5.69 Å². The molecule has 1 N–H and O–H groups in total. The lowest BCUT2D eigenvalue weighted by molar-refractivity contribution is 0.327. The highest BCUT2D eigenvalue weighted by Gasteiger charge is 2.25. The fourth-order valence-electron chi connectivity index (χ4n) is 2.72. The van der Waals surface area contributed by atoms with E-state index in [4.69, 9.17) is 11.6 Å². The SMILES string of the molecule is CCNC1CCN(c2ccc(C)c(Cl)c2)CC1C. The number of piperidine rings is 1. The van der Waals surface area contributed by atoms with Crippen molar-refractivity contribution in [1.82, 2.24) is 5.32 Å². The Morgan fingerprint density at radius 3 is 2.83 bits per heavy atom. The number of halogens is 1. The number of hydrogen-bond donors (Lipinski definition) is 1. The maximum absolute atomic E-state index is 6.21. The summed E-state index contributed by atoms with van der Waals surface area (Å²) in [5.41, 5.74) is 2.41. The van der Waals surface area contributed by atoms with Crippen LogP contribution in [0.1, 0.15) is 25.8 Å². The largest absolute Gasteiger partial charge is 0.371 e. The van der Waals surface area contributed by atoms with Gasteiger partial charge in [-0.1, -0.05) is 31.5 Å². The van der Waals surface area contributed by atoms with Gasteiger partial charge < -0.3 is 10.2 Å². The molecule has 0 saturated carbocycles. The normalized spacial score (nSPS) is 24.3. The number of nitrogens with one attached hydrogen (secondary N) is 1. The molecule has 0 aromatic heterocycles. The van der Waals surface area contributed by atoms with Crippen LogP contribution >= 0.6 is 11.6 Å². The Bertz CT molecular complexity index is 405. The van der Waals surface area contributed by atoms with Gasteiger partial charge in [-0.05, 0) is 43.5 Å². The molecule has 0 radical (unpaired) electrons. The minimum Gasteiger partial charge on any atom is -0.371 e. The molecule has 100 valence electrons. The summed E-state index contributed by atoms with van der Waals surface area (Å²) in [6.07, 6.45) is 1.21. The zero-order chi connectivity index (χ0) is 13.1. The topological polar surface area (TPSA) is 15.3 Å². The molecule has 0 amide bonds. The molecule has 2 unspecified atom stereocenters. The van der Waals surface area contributed by atoms with E-state index >= 15 is 0 Å². The lowest BCUT2D eigenvalue weighted by atomic mass is 9.93. The Hall–Kier alpha value is -0.730. The van der Waals surface area contributed by atoms with Crippen molar-refractivity contribution >= 4 is 17.3 Å². The van der Waals surface area contributed by atoms with E-state index in [9.17, 15) is 0 Å². The first-order valence-corrected chi connectivity index (χ1v) is 7.24. The molecular formula is C15H23ClN2. The van der Waals surface area contributed by atoms with Crippen LogP contribution in [-0.4, -0.2) is 25.7 Å². The molecule has 0 bridgehead atoms. The second-order valence-corrected chi connectivity index (χ2v) is 5.72. The second-order valence-electron chi connectivity index (χ2n) is 5.31. The molecular weight excluding hydrogens is 244 g/mol. The molecule has 2 nitrogen and oxygen atoms in total. The van der Waals surface area contributed by atoms with Gasteiger partial charge in [-0.25, -0.2) is 0 Å². The Balaban J connectivity index is 2.05.